The van der Waals surface area contributed by atoms with Crippen LogP contribution in [0.1, 0.15) is 37.1 Å². The average Bonchev–Trinajstić information content (AvgIpc) is 3.34. The van der Waals surface area contributed by atoms with Crippen LogP contribution >= 0.6 is 0 Å². The molecule has 1 saturated carbocycles. The Kier molecular flexibility index (Phi) is 3.88. The van der Waals surface area contributed by atoms with Crippen LogP contribution in [0.2, 0.25) is 0 Å². The molecule has 2 aliphatic rings. The number of rotatable bonds is 4. The lowest BCUT2D eigenvalue weighted by Crippen LogP contribution is -2.37. The van der Waals surface area contributed by atoms with Gasteiger partial charge in [-0.25, -0.2) is 9.78 Å². The van der Waals surface area contributed by atoms with E-state index < -0.39 is 0 Å². The minimum atomic E-state index is -0.298. The Morgan fingerprint density at radius 1 is 1.15 bits per heavy atom. The summed E-state index contributed by atoms with van der Waals surface area (Å²) in [6, 6.07) is 8.03. The lowest BCUT2D eigenvalue weighted by atomic mass is 9.80. The molecule has 27 heavy (non-hydrogen) atoms. The number of hydrogen-bond acceptors (Lipinski definition) is 6. The van der Waals surface area contributed by atoms with Gasteiger partial charge in [-0.15, -0.1) is 0 Å². The normalized spacial score (nSPS) is 22.4. The van der Waals surface area contributed by atoms with Crippen molar-refractivity contribution in [2.45, 2.75) is 31.2 Å². The predicted octanol–water partition coefficient (Wildman–Crippen LogP) is 3.40. The first kappa shape index (κ1) is 16.0. The molecule has 0 N–H and O–H groups in total. The van der Waals surface area contributed by atoms with E-state index in [4.69, 9.17) is 9.26 Å². The maximum atomic E-state index is 11.8. The van der Waals surface area contributed by atoms with Gasteiger partial charge in [0.05, 0.1) is 12.9 Å². The quantitative estimate of drug-likeness (QED) is 0.704. The number of imidazole rings is 1. The summed E-state index contributed by atoms with van der Waals surface area (Å²) in [7, 11) is 0. The van der Waals surface area contributed by atoms with Crippen LogP contribution in [0.3, 0.4) is 0 Å². The van der Waals surface area contributed by atoms with Crippen LogP contribution in [0.25, 0.3) is 11.4 Å². The Labute approximate surface area is 155 Å². The molecule has 3 aromatic rings. The first-order valence-corrected chi connectivity index (χ1v) is 9.14. The molecular weight excluding hydrogens is 346 g/mol. The lowest BCUT2D eigenvalue weighted by molar-refractivity contribution is 0.140. The van der Waals surface area contributed by atoms with Crippen molar-refractivity contribution in [2.75, 3.05) is 18.1 Å². The molecule has 1 aliphatic carbocycles. The number of cyclic esters (lactones) is 1. The van der Waals surface area contributed by atoms with E-state index in [9.17, 15) is 4.79 Å². The Balaban J connectivity index is 1.27. The van der Waals surface area contributed by atoms with E-state index in [1.54, 1.807) is 11.1 Å². The van der Waals surface area contributed by atoms with E-state index in [-0.39, 0.29) is 6.09 Å². The molecule has 0 atom stereocenters. The summed E-state index contributed by atoms with van der Waals surface area (Å²) >= 11 is 0. The number of aromatic nitrogens is 4. The van der Waals surface area contributed by atoms with Crippen LogP contribution in [-0.2, 0) is 4.74 Å². The molecule has 1 aliphatic heterocycles. The van der Waals surface area contributed by atoms with Gasteiger partial charge in [-0.05, 0) is 43.5 Å². The second-order valence-electron chi connectivity index (χ2n) is 6.95. The Bertz CT molecular complexity index is 929. The fraction of sp³-hybridized carbons (Fsp3) is 0.368. The molecule has 0 unspecified atom stereocenters. The molecule has 1 aromatic carbocycles. The zero-order valence-corrected chi connectivity index (χ0v) is 14.7. The van der Waals surface area contributed by atoms with Crippen molar-refractivity contribution in [1.29, 1.82) is 0 Å². The summed E-state index contributed by atoms with van der Waals surface area (Å²) in [5.74, 6) is 1.55. The van der Waals surface area contributed by atoms with Crippen LogP contribution in [-0.4, -0.2) is 38.9 Å². The Morgan fingerprint density at radius 2 is 2.00 bits per heavy atom. The van der Waals surface area contributed by atoms with E-state index in [2.05, 4.69) is 19.7 Å². The number of benzene rings is 1. The molecule has 3 heterocycles. The number of nitrogens with zero attached hydrogens (tertiary/aromatic N) is 5. The van der Waals surface area contributed by atoms with Crippen LogP contribution in [0.5, 0.6) is 0 Å². The van der Waals surface area contributed by atoms with Crippen molar-refractivity contribution in [1.82, 2.24) is 19.7 Å². The highest BCUT2D eigenvalue weighted by atomic mass is 16.6. The van der Waals surface area contributed by atoms with Gasteiger partial charge in [-0.3, -0.25) is 4.90 Å². The van der Waals surface area contributed by atoms with E-state index in [0.717, 1.165) is 30.5 Å². The third-order valence-corrected chi connectivity index (χ3v) is 5.26. The maximum absolute atomic E-state index is 11.8. The summed E-state index contributed by atoms with van der Waals surface area (Å²) in [6.45, 7) is 1.16. The van der Waals surface area contributed by atoms with Gasteiger partial charge in [0.25, 0.3) is 0 Å². The molecule has 0 radical (unpaired) electrons. The van der Waals surface area contributed by atoms with Gasteiger partial charge in [0.1, 0.15) is 0 Å². The summed E-state index contributed by atoms with van der Waals surface area (Å²) in [5.41, 5.74) is 1.68. The van der Waals surface area contributed by atoms with E-state index in [1.165, 1.54) is 0 Å². The number of ether oxygens (including phenoxy) is 1. The van der Waals surface area contributed by atoms with Gasteiger partial charge >= 0.3 is 6.09 Å². The van der Waals surface area contributed by atoms with Gasteiger partial charge in [0.2, 0.25) is 11.7 Å². The highest BCUT2D eigenvalue weighted by Gasteiger charge is 2.35. The molecule has 1 amide bonds. The van der Waals surface area contributed by atoms with Crippen molar-refractivity contribution in [3.8, 4) is 11.4 Å². The summed E-state index contributed by atoms with van der Waals surface area (Å²) in [5, 5.41) is 4.12. The van der Waals surface area contributed by atoms with Crippen molar-refractivity contribution >= 4 is 11.8 Å². The number of hydrogen-bond donors (Lipinski definition) is 0. The van der Waals surface area contributed by atoms with E-state index >= 15 is 0 Å². The second-order valence-corrected chi connectivity index (χ2v) is 6.95. The Hall–Kier alpha value is -3.16. The average molecular weight is 365 g/mol. The summed E-state index contributed by atoms with van der Waals surface area (Å²) in [4.78, 5) is 22.1. The maximum Gasteiger partial charge on any atom is 0.414 e. The zero-order valence-electron chi connectivity index (χ0n) is 14.7. The van der Waals surface area contributed by atoms with Gasteiger partial charge < -0.3 is 13.8 Å². The Morgan fingerprint density at radius 3 is 2.74 bits per heavy atom. The highest BCUT2D eigenvalue weighted by Crippen LogP contribution is 2.44. The molecule has 2 fully saturated rings. The first-order chi connectivity index (χ1) is 13.3. The van der Waals surface area contributed by atoms with Crippen LogP contribution < -0.4 is 4.90 Å². The molecule has 8 nitrogen and oxygen atoms in total. The second kappa shape index (κ2) is 6.53. The van der Waals surface area contributed by atoms with Gasteiger partial charge in [0, 0.05) is 42.1 Å². The number of carbonyl (C=O) groups excluding carboxylic acids is 1. The SMILES string of the molecule is O=C1OCCCN1c1ccc(-c2noc(C3CC(n4ccnc4)C3)n2)cc1. The van der Waals surface area contributed by atoms with Crippen LogP contribution in [0, 0.1) is 0 Å². The summed E-state index contributed by atoms with van der Waals surface area (Å²) < 4.78 is 12.7. The van der Waals surface area contributed by atoms with Crippen molar-refractivity contribution in [3.05, 3.63) is 48.9 Å². The lowest BCUT2D eigenvalue weighted by Gasteiger charge is -2.33. The first-order valence-electron chi connectivity index (χ1n) is 9.14. The molecule has 2 aromatic heterocycles. The highest BCUT2D eigenvalue weighted by molar-refractivity contribution is 5.88. The van der Waals surface area contributed by atoms with Gasteiger partial charge in [-0.2, -0.15) is 4.98 Å². The number of anilines is 1. The van der Waals surface area contributed by atoms with Crippen molar-refractivity contribution in [2.24, 2.45) is 0 Å². The standard InChI is InChI=1S/C19H19N5O3/c25-19-24(7-1-9-26-19)15-4-2-13(3-5-15)17-21-18(27-22-17)14-10-16(11-14)23-8-6-20-12-23/h2-6,8,12,14,16H,1,7,9-11H2. The third kappa shape index (κ3) is 2.97. The molecule has 0 bridgehead atoms. The zero-order chi connectivity index (χ0) is 18.2. The molecule has 8 heteroatoms. The fourth-order valence-corrected chi connectivity index (χ4v) is 3.61. The van der Waals surface area contributed by atoms with E-state index in [1.807, 2.05) is 36.8 Å². The van der Waals surface area contributed by atoms with Crippen LogP contribution in [0.4, 0.5) is 10.5 Å². The monoisotopic (exact) mass is 365 g/mol. The van der Waals surface area contributed by atoms with Crippen molar-refractivity contribution in [3.63, 3.8) is 0 Å². The fourth-order valence-electron chi connectivity index (χ4n) is 3.61. The minimum absolute atomic E-state index is 0.293. The molecule has 5 rings (SSSR count). The van der Waals surface area contributed by atoms with Gasteiger partial charge in [0.15, 0.2) is 0 Å². The number of carbonyl (C=O) groups is 1. The molecule has 138 valence electrons. The molecule has 0 spiro atoms. The topological polar surface area (TPSA) is 86.3 Å². The minimum Gasteiger partial charge on any atom is -0.449 e. The van der Waals surface area contributed by atoms with E-state index in [0.29, 0.717) is 36.8 Å². The summed E-state index contributed by atoms with van der Waals surface area (Å²) in [6.07, 6.45) is 8.13. The van der Waals surface area contributed by atoms with Crippen molar-refractivity contribution < 1.29 is 14.1 Å². The number of amides is 1. The third-order valence-electron chi connectivity index (χ3n) is 5.26. The molecule has 1 saturated heterocycles. The molecular formula is C19H19N5O3. The predicted molar refractivity (Wildman–Crippen MR) is 96.3 cm³/mol. The smallest absolute Gasteiger partial charge is 0.414 e. The van der Waals surface area contributed by atoms with Gasteiger partial charge in [-0.1, -0.05) is 5.16 Å². The largest absolute Gasteiger partial charge is 0.449 e. The van der Waals surface area contributed by atoms with Crippen LogP contribution in [0.15, 0.2) is 47.5 Å².